The van der Waals surface area contributed by atoms with E-state index < -0.39 is 12.0 Å². The summed E-state index contributed by atoms with van der Waals surface area (Å²) in [5, 5.41) is 4.93. The molecule has 0 aliphatic carbocycles. The van der Waals surface area contributed by atoms with Crippen molar-refractivity contribution in [3.63, 3.8) is 0 Å². The van der Waals surface area contributed by atoms with Crippen LogP contribution in [0.5, 0.6) is 0 Å². The highest BCUT2D eigenvalue weighted by molar-refractivity contribution is 7.98. The quantitative estimate of drug-likeness (QED) is 0.454. The third-order valence-corrected chi connectivity index (χ3v) is 5.41. The molecule has 0 fully saturated rings. The fourth-order valence-electron chi connectivity index (χ4n) is 3.31. The number of nitrogens with one attached hydrogen (secondary N) is 1. The van der Waals surface area contributed by atoms with Crippen LogP contribution < -0.4 is 11.1 Å². The summed E-state index contributed by atoms with van der Waals surface area (Å²) in [4.78, 5) is 25.2. The van der Waals surface area contributed by atoms with Crippen molar-refractivity contribution in [3.8, 4) is 11.1 Å². The van der Waals surface area contributed by atoms with Gasteiger partial charge in [-0.3, -0.25) is 4.79 Å². The van der Waals surface area contributed by atoms with Crippen molar-refractivity contribution in [3.05, 3.63) is 66.2 Å². The van der Waals surface area contributed by atoms with E-state index in [1.807, 2.05) is 48.7 Å². The molecule has 1 amide bonds. The van der Waals surface area contributed by atoms with Crippen molar-refractivity contribution in [2.24, 2.45) is 0 Å². The van der Waals surface area contributed by atoms with Crippen LogP contribution in [0.3, 0.4) is 0 Å². The van der Waals surface area contributed by atoms with Gasteiger partial charge in [0.15, 0.2) is 0 Å². The number of carbonyl (C=O) groups is 2. The third-order valence-electron chi connectivity index (χ3n) is 4.77. The first kappa shape index (κ1) is 20.7. The van der Waals surface area contributed by atoms with Gasteiger partial charge in [-0.1, -0.05) is 42.5 Å². The lowest BCUT2D eigenvalue weighted by molar-refractivity contribution is -0.142. The van der Waals surface area contributed by atoms with Gasteiger partial charge in [0, 0.05) is 11.3 Å². The second-order valence-corrected chi connectivity index (χ2v) is 7.65. The van der Waals surface area contributed by atoms with Crippen LogP contribution in [0.4, 0.5) is 5.69 Å². The minimum absolute atomic E-state index is 0.329. The van der Waals surface area contributed by atoms with Crippen LogP contribution in [0.25, 0.3) is 21.9 Å². The summed E-state index contributed by atoms with van der Waals surface area (Å²) in [6.45, 7) is 0. The Morgan fingerprint density at radius 1 is 1.07 bits per heavy atom. The number of fused-ring (bicyclic) bond motifs is 1. The van der Waals surface area contributed by atoms with E-state index >= 15 is 0 Å². The molecule has 0 unspecified atom stereocenters. The monoisotopic (exact) mass is 408 g/mol. The van der Waals surface area contributed by atoms with E-state index in [0.717, 1.165) is 27.7 Å². The Bertz CT molecular complexity index is 1030. The number of anilines is 1. The number of rotatable bonds is 7. The Labute approximate surface area is 174 Å². The van der Waals surface area contributed by atoms with Crippen LogP contribution in [-0.2, 0) is 9.53 Å². The minimum atomic E-state index is -0.696. The molecule has 1 atom stereocenters. The molecule has 6 heteroatoms. The Morgan fingerprint density at radius 3 is 2.59 bits per heavy atom. The number of nitrogen functional groups attached to an aromatic ring is 1. The summed E-state index contributed by atoms with van der Waals surface area (Å²) < 4.78 is 4.85. The van der Waals surface area contributed by atoms with Gasteiger partial charge in [0.2, 0.25) is 0 Å². The van der Waals surface area contributed by atoms with E-state index in [9.17, 15) is 9.59 Å². The third kappa shape index (κ3) is 4.71. The molecule has 0 radical (unpaired) electrons. The Kier molecular flexibility index (Phi) is 6.77. The number of ether oxygens (including phenoxy) is 1. The highest BCUT2D eigenvalue weighted by Crippen LogP contribution is 2.32. The minimum Gasteiger partial charge on any atom is -0.467 e. The number of methoxy groups -OCH3 is 1. The highest BCUT2D eigenvalue weighted by Gasteiger charge is 2.23. The first-order valence-corrected chi connectivity index (χ1v) is 10.7. The molecule has 0 spiro atoms. The van der Waals surface area contributed by atoms with Crippen molar-refractivity contribution < 1.29 is 14.3 Å². The molecule has 5 nitrogen and oxygen atoms in total. The average molecular weight is 409 g/mol. The van der Waals surface area contributed by atoms with Crippen LogP contribution >= 0.6 is 11.8 Å². The summed E-state index contributed by atoms with van der Waals surface area (Å²) in [5.74, 6) is -0.0446. The standard InChI is InChI=1S/C23H24N2O3S/c1-28-23(27)21(12-13-29-2)25-22(26)19-11-10-16(24)14-20(19)18-9-5-7-15-6-3-4-8-17(15)18/h3-11,14,21H,12-13,24H2,1-2H3,(H,25,26)/t21-/m0/s1. The normalized spacial score (nSPS) is 11.8. The fraction of sp³-hybridized carbons (Fsp3) is 0.217. The van der Waals surface area contributed by atoms with Crippen molar-refractivity contribution in [1.82, 2.24) is 5.32 Å². The second kappa shape index (κ2) is 9.47. The number of hydrogen-bond acceptors (Lipinski definition) is 5. The van der Waals surface area contributed by atoms with Gasteiger partial charge >= 0.3 is 5.97 Å². The summed E-state index contributed by atoms with van der Waals surface area (Å²) in [6, 6.07) is 18.4. The summed E-state index contributed by atoms with van der Waals surface area (Å²) in [6.07, 6.45) is 2.45. The molecule has 0 aliphatic rings. The van der Waals surface area contributed by atoms with Crippen LogP contribution in [-0.4, -0.2) is 37.0 Å². The van der Waals surface area contributed by atoms with Crippen molar-refractivity contribution in [2.45, 2.75) is 12.5 Å². The molecule has 0 aliphatic heterocycles. The van der Waals surface area contributed by atoms with Gasteiger partial charge < -0.3 is 15.8 Å². The van der Waals surface area contributed by atoms with Gasteiger partial charge in [-0.15, -0.1) is 0 Å². The molecule has 150 valence electrons. The van der Waals surface area contributed by atoms with E-state index in [0.29, 0.717) is 17.7 Å². The number of amides is 1. The number of benzene rings is 3. The van der Waals surface area contributed by atoms with Crippen molar-refractivity contribution in [1.29, 1.82) is 0 Å². The first-order chi connectivity index (χ1) is 14.0. The highest BCUT2D eigenvalue weighted by atomic mass is 32.2. The molecule has 0 heterocycles. The zero-order chi connectivity index (χ0) is 20.8. The van der Waals surface area contributed by atoms with Crippen LogP contribution in [0.1, 0.15) is 16.8 Å². The van der Waals surface area contributed by atoms with Crippen molar-refractivity contribution in [2.75, 3.05) is 24.9 Å². The lowest BCUT2D eigenvalue weighted by atomic mass is 9.93. The van der Waals surface area contributed by atoms with E-state index in [-0.39, 0.29) is 5.91 Å². The molecule has 3 aromatic carbocycles. The molecule has 0 bridgehead atoms. The first-order valence-electron chi connectivity index (χ1n) is 9.30. The molecular weight excluding hydrogens is 384 g/mol. The summed E-state index contributed by atoms with van der Waals surface area (Å²) in [7, 11) is 1.32. The lowest BCUT2D eigenvalue weighted by Gasteiger charge is -2.18. The number of thioether (sulfide) groups is 1. The zero-order valence-electron chi connectivity index (χ0n) is 16.5. The van der Waals surface area contributed by atoms with Gasteiger partial charge in [0.25, 0.3) is 5.91 Å². The smallest absolute Gasteiger partial charge is 0.328 e. The SMILES string of the molecule is COC(=O)[C@H](CCSC)NC(=O)c1ccc(N)cc1-c1cccc2ccccc12. The summed E-state index contributed by atoms with van der Waals surface area (Å²) >= 11 is 1.61. The number of esters is 1. The summed E-state index contributed by atoms with van der Waals surface area (Å²) in [5.41, 5.74) is 8.72. The topological polar surface area (TPSA) is 81.4 Å². The maximum absolute atomic E-state index is 13.1. The Hall–Kier alpha value is -2.99. The van der Waals surface area contributed by atoms with E-state index in [2.05, 4.69) is 5.32 Å². The maximum atomic E-state index is 13.1. The van der Waals surface area contributed by atoms with Gasteiger partial charge in [-0.25, -0.2) is 4.79 Å². The van der Waals surface area contributed by atoms with E-state index in [1.54, 1.807) is 30.0 Å². The van der Waals surface area contributed by atoms with Crippen LogP contribution in [0.15, 0.2) is 60.7 Å². The average Bonchev–Trinajstić information content (AvgIpc) is 2.75. The molecule has 0 saturated heterocycles. The molecule has 0 aromatic heterocycles. The van der Waals surface area contributed by atoms with Crippen LogP contribution in [0, 0.1) is 0 Å². The van der Waals surface area contributed by atoms with Crippen LogP contribution in [0.2, 0.25) is 0 Å². The molecule has 3 aromatic rings. The second-order valence-electron chi connectivity index (χ2n) is 6.66. The molecular formula is C23H24N2O3S. The molecule has 3 N–H and O–H groups in total. The van der Waals surface area contributed by atoms with Gasteiger partial charge in [-0.05, 0) is 58.5 Å². The van der Waals surface area contributed by atoms with E-state index in [1.165, 1.54) is 7.11 Å². The predicted molar refractivity (Wildman–Crippen MR) is 120 cm³/mol. The number of hydrogen-bond donors (Lipinski definition) is 2. The Morgan fingerprint density at radius 2 is 1.83 bits per heavy atom. The maximum Gasteiger partial charge on any atom is 0.328 e. The predicted octanol–water partition coefficient (Wildman–Crippen LogP) is 4.11. The fourth-order valence-corrected chi connectivity index (χ4v) is 3.78. The lowest BCUT2D eigenvalue weighted by Crippen LogP contribution is -2.42. The van der Waals surface area contributed by atoms with Gasteiger partial charge in [0.05, 0.1) is 7.11 Å². The largest absolute Gasteiger partial charge is 0.467 e. The van der Waals surface area contributed by atoms with E-state index in [4.69, 9.17) is 10.5 Å². The van der Waals surface area contributed by atoms with Gasteiger partial charge in [0.1, 0.15) is 6.04 Å². The zero-order valence-corrected chi connectivity index (χ0v) is 17.3. The van der Waals surface area contributed by atoms with Crippen molar-refractivity contribution >= 4 is 40.1 Å². The molecule has 0 saturated carbocycles. The molecule has 29 heavy (non-hydrogen) atoms. The molecule has 3 rings (SSSR count). The van der Waals surface area contributed by atoms with Gasteiger partial charge in [-0.2, -0.15) is 11.8 Å². The Balaban J connectivity index is 2.02. The number of carbonyl (C=O) groups excluding carboxylic acids is 2. The number of nitrogens with two attached hydrogens (primary N) is 1.